The van der Waals surface area contributed by atoms with Gasteiger partial charge in [0, 0.05) is 43.9 Å². The fourth-order valence-electron chi connectivity index (χ4n) is 4.49. The number of carbonyl (C=O) groups excluding carboxylic acids is 2. The van der Waals surface area contributed by atoms with Crippen LogP contribution in [-0.2, 0) is 26.0 Å². The van der Waals surface area contributed by atoms with Gasteiger partial charge < -0.3 is 15.0 Å². The summed E-state index contributed by atoms with van der Waals surface area (Å²) in [6, 6.07) is 12.1. The van der Waals surface area contributed by atoms with Gasteiger partial charge in [-0.25, -0.2) is 8.42 Å². The van der Waals surface area contributed by atoms with Crippen LogP contribution >= 0.6 is 0 Å². The highest BCUT2D eigenvalue weighted by Crippen LogP contribution is 2.32. The average Bonchev–Trinajstić information content (AvgIpc) is 2.83. The smallest absolute Gasteiger partial charge is 0.243 e. The second kappa shape index (κ2) is 9.52. The van der Waals surface area contributed by atoms with E-state index in [9.17, 15) is 18.0 Å². The molecule has 1 saturated heterocycles. The van der Waals surface area contributed by atoms with Crippen molar-refractivity contribution in [3.63, 3.8) is 0 Å². The van der Waals surface area contributed by atoms with E-state index in [1.54, 1.807) is 54.5 Å². The van der Waals surface area contributed by atoms with Crippen molar-refractivity contribution in [3.05, 3.63) is 48.0 Å². The van der Waals surface area contributed by atoms with Crippen molar-refractivity contribution in [2.75, 3.05) is 37.0 Å². The number of nitrogens with one attached hydrogen (secondary N) is 1. The van der Waals surface area contributed by atoms with Gasteiger partial charge in [0.2, 0.25) is 21.8 Å². The maximum atomic E-state index is 13.2. The maximum Gasteiger partial charge on any atom is 0.243 e. The van der Waals surface area contributed by atoms with Crippen LogP contribution in [0.2, 0.25) is 0 Å². The Morgan fingerprint density at radius 1 is 1.03 bits per heavy atom. The minimum absolute atomic E-state index is 0.0402. The molecule has 176 valence electrons. The topological polar surface area (TPSA) is 96.0 Å². The molecule has 2 amide bonds. The standard InChI is InChI=1S/C24H29N3O5S/c1-17(28)27-13-3-4-19-16-22(9-10-23(19)27)33(30,31)26-14-11-18(12-15-26)24(29)25-20-5-7-21(32-2)8-6-20/h5-10,16,18H,3-4,11-15H2,1-2H3,(H,25,29). The van der Waals surface area contributed by atoms with Gasteiger partial charge in [-0.15, -0.1) is 0 Å². The van der Waals surface area contributed by atoms with E-state index < -0.39 is 10.0 Å². The van der Waals surface area contributed by atoms with Gasteiger partial charge in [-0.1, -0.05) is 0 Å². The number of hydrogen-bond donors (Lipinski definition) is 1. The van der Waals surface area contributed by atoms with Crippen molar-refractivity contribution in [3.8, 4) is 5.75 Å². The van der Waals surface area contributed by atoms with E-state index >= 15 is 0 Å². The Morgan fingerprint density at radius 3 is 2.36 bits per heavy atom. The highest BCUT2D eigenvalue weighted by Gasteiger charge is 2.33. The Hall–Kier alpha value is -2.91. The summed E-state index contributed by atoms with van der Waals surface area (Å²) in [6.45, 7) is 2.76. The monoisotopic (exact) mass is 471 g/mol. The lowest BCUT2D eigenvalue weighted by molar-refractivity contribution is -0.121. The Kier molecular flexibility index (Phi) is 6.71. The van der Waals surface area contributed by atoms with Gasteiger partial charge in [0.05, 0.1) is 12.0 Å². The van der Waals surface area contributed by atoms with Crippen LogP contribution in [0.3, 0.4) is 0 Å². The van der Waals surface area contributed by atoms with Crippen LogP contribution in [0.1, 0.15) is 31.7 Å². The Balaban J connectivity index is 1.40. The molecule has 0 atom stereocenters. The molecule has 0 bridgehead atoms. The Labute approximate surface area is 194 Å². The number of carbonyl (C=O) groups is 2. The largest absolute Gasteiger partial charge is 0.497 e. The molecule has 33 heavy (non-hydrogen) atoms. The maximum absolute atomic E-state index is 13.2. The molecular formula is C24H29N3O5S. The number of rotatable bonds is 5. The molecule has 2 aromatic carbocycles. The van der Waals surface area contributed by atoms with Gasteiger partial charge in [-0.2, -0.15) is 4.31 Å². The van der Waals surface area contributed by atoms with Gasteiger partial charge in [-0.05, 0) is 73.7 Å². The fraction of sp³-hybridized carbons (Fsp3) is 0.417. The zero-order valence-corrected chi connectivity index (χ0v) is 19.7. The molecule has 2 aliphatic rings. The molecule has 0 spiro atoms. The molecule has 2 aliphatic heterocycles. The van der Waals surface area contributed by atoms with Crippen LogP contribution in [0, 0.1) is 5.92 Å². The number of benzene rings is 2. The van der Waals surface area contributed by atoms with Crippen LogP contribution in [0.15, 0.2) is 47.4 Å². The molecule has 0 aliphatic carbocycles. The highest BCUT2D eigenvalue weighted by molar-refractivity contribution is 7.89. The molecule has 0 radical (unpaired) electrons. The van der Waals surface area contributed by atoms with Crippen molar-refractivity contribution in [2.45, 2.75) is 37.5 Å². The number of sulfonamides is 1. The number of amides is 2. The van der Waals surface area contributed by atoms with E-state index in [0.717, 1.165) is 24.1 Å². The fourth-order valence-corrected chi connectivity index (χ4v) is 6.01. The van der Waals surface area contributed by atoms with E-state index in [0.29, 0.717) is 43.9 Å². The number of methoxy groups -OCH3 is 1. The molecule has 2 aromatic rings. The summed E-state index contributed by atoms with van der Waals surface area (Å²) in [5.74, 6) is 0.325. The molecular weight excluding hydrogens is 442 g/mol. The molecule has 1 fully saturated rings. The van der Waals surface area contributed by atoms with Crippen molar-refractivity contribution < 1.29 is 22.7 Å². The molecule has 2 heterocycles. The summed E-state index contributed by atoms with van der Waals surface area (Å²) in [4.78, 5) is 26.5. The SMILES string of the molecule is COc1ccc(NC(=O)C2CCN(S(=O)(=O)c3ccc4c(c3)CCCN4C(C)=O)CC2)cc1. The summed E-state index contributed by atoms with van der Waals surface area (Å²) in [5, 5.41) is 2.90. The zero-order valence-electron chi connectivity index (χ0n) is 18.9. The highest BCUT2D eigenvalue weighted by atomic mass is 32.2. The van der Waals surface area contributed by atoms with Crippen LogP contribution in [-0.4, -0.2) is 51.3 Å². The van der Waals surface area contributed by atoms with Crippen molar-refractivity contribution in [1.82, 2.24) is 4.31 Å². The third kappa shape index (κ3) is 4.89. The second-order valence-corrected chi connectivity index (χ2v) is 10.4. The predicted molar refractivity (Wildman–Crippen MR) is 126 cm³/mol. The number of piperidine rings is 1. The lowest BCUT2D eigenvalue weighted by Crippen LogP contribution is -2.41. The Morgan fingerprint density at radius 2 is 1.73 bits per heavy atom. The minimum atomic E-state index is -3.66. The summed E-state index contributed by atoms with van der Waals surface area (Å²) >= 11 is 0. The van der Waals surface area contributed by atoms with Crippen molar-refractivity contribution >= 4 is 33.2 Å². The summed E-state index contributed by atoms with van der Waals surface area (Å²) in [7, 11) is -2.08. The number of hydrogen-bond acceptors (Lipinski definition) is 5. The first kappa shape index (κ1) is 23.3. The molecule has 0 aromatic heterocycles. The predicted octanol–water partition coefficient (Wildman–Crippen LogP) is 3.03. The summed E-state index contributed by atoms with van der Waals surface area (Å²) < 4.78 is 33.1. The third-order valence-electron chi connectivity index (χ3n) is 6.37. The first-order valence-corrected chi connectivity index (χ1v) is 12.6. The van der Waals surface area contributed by atoms with E-state index in [1.165, 1.54) is 11.2 Å². The number of aryl methyl sites for hydroxylation is 1. The molecule has 4 rings (SSSR count). The summed E-state index contributed by atoms with van der Waals surface area (Å²) in [5.41, 5.74) is 2.36. The number of anilines is 2. The first-order valence-electron chi connectivity index (χ1n) is 11.2. The third-order valence-corrected chi connectivity index (χ3v) is 8.26. The second-order valence-electron chi connectivity index (χ2n) is 8.46. The molecule has 9 heteroatoms. The molecule has 8 nitrogen and oxygen atoms in total. The van der Waals surface area contributed by atoms with Crippen LogP contribution in [0.25, 0.3) is 0 Å². The van der Waals surface area contributed by atoms with Crippen LogP contribution in [0.4, 0.5) is 11.4 Å². The lowest BCUT2D eigenvalue weighted by atomic mass is 9.97. The van der Waals surface area contributed by atoms with Gasteiger partial charge in [-0.3, -0.25) is 9.59 Å². The van der Waals surface area contributed by atoms with E-state index in [2.05, 4.69) is 5.32 Å². The van der Waals surface area contributed by atoms with Gasteiger partial charge in [0.15, 0.2) is 0 Å². The summed E-state index contributed by atoms with van der Waals surface area (Å²) in [6.07, 6.45) is 2.48. The Bertz CT molecular complexity index is 1140. The van der Waals surface area contributed by atoms with E-state index in [4.69, 9.17) is 4.74 Å². The van der Waals surface area contributed by atoms with Crippen molar-refractivity contribution in [2.24, 2.45) is 5.92 Å². The molecule has 0 saturated carbocycles. The lowest BCUT2D eigenvalue weighted by Gasteiger charge is -2.32. The zero-order chi connectivity index (χ0) is 23.6. The average molecular weight is 472 g/mol. The number of ether oxygens (including phenoxy) is 1. The minimum Gasteiger partial charge on any atom is -0.497 e. The molecule has 1 N–H and O–H groups in total. The van der Waals surface area contributed by atoms with Crippen LogP contribution < -0.4 is 15.0 Å². The van der Waals surface area contributed by atoms with Crippen molar-refractivity contribution in [1.29, 1.82) is 0 Å². The van der Waals surface area contributed by atoms with E-state index in [-0.39, 0.29) is 22.6 Å². The normalized spacial score (nSPS) is 17.3. The van der Waals surface area contributed by atoms with Gasteiger partial charge >= 0.3 is 0 Å². The van der Waals surface area contributed by atoms with Gasteiger partial charge in [0.25, 0.3) is 0 Å². The van der Waals surface area contributed by atoms with Crippen LogP contribution in [0.5, 0.6) is 5.75 Å². The number of fused-ring (bicyclic) bond motifs is 1. The van der Waals surface area contributed by atoms with Gasteiger partial charge in [0.1, 0.15) is 5.75 Å². The molecule has 0 unspecified atom stereocenters. The number of nitrogens with zero attached hydrogens (tertiary/aromatic N) is 2. The van der Waals surface area contributed by atoms with E-state index in [1.807, 2.05) is 0 Å². The first-order chi connectivity index (χ1) is 15.8. The quantitative estimate of drug-likeness (QED) is 0.723.